The molecule has 1 saturated heterocycles. The highest BCUT2D eigenvalue weighted by Gasteiger charge is 2.35. The number of halogens is 1. The highest BCUT2D eigenvalue weighted by molar-refractivity contribution is 14.1. The normalized spacial score (nSPS) is 28.0. The zero-order valence-corrected chi connectivity index (χ0v) is 16.7. The van der Waals surface area contributed by atoms with E-state index in [1.165, 1.54) is 50.9 Å². The van der Waals surface area contributed by atoms with Crippen molar-refractivity contribution in [3.63, 3.8) is 0 Å². The first-order chi connectivity index (χ1) is 10.6. The van der Waals surface area contributed by atoms with E-state index in [1.807, 2.05) is 0 Å². The number of rotatable bonds is 7. The molecule has 5 heteroatoms. The Morgan fingerprint density at radius 3 is 2.59 bits per heavy atom. The molecule has 128 valence electrons. The van der Waals surface area contributed by atoms with Gasteiger partial charge in [-0.05, 0) is 44.8 Å². The number of likely N-dealkylation sites (tertiary alicyclic amines) is 1. The molecule has 2 rings (SSSR count). The molecular weight excluding hydrogens is 387 g/mol. The Morgan fingerprint density at radius 2 is 1.95 bits per heavy atom. The molecule has 2 aliphatic rings. The molecule has 0 aromatic rings. The number of nitrogens with two attached hydrogens (primary N) is 1. The van der Waals surface area contributed by atoms with E-state index in [9.17, 15) is 0 Å². The number of piperidine rings is 1. The molecule has 0 aliphatic carbocycles. The van der Waals surface area contributed by atoms with E-state index in [2.05, 4.69) is 56.8 Å². The van der Waals surface area contributed by atoms with Gasteiger partial charge in [-0.3, -0.25) is 0 Å². The lowest BCUT2D eigenvalue weighted by Gasteiger charge is -2.37. The molecule has 0 bridgehead atoms. The molecule has 4 nitrogen and oxygen atoms in total. The molecule has 0 saturated carbocycles. The van der Waals surface area contributed by atoms with E-state index in [0.717, 1.165) is 19.6 Å². The van der Waals surface area contributed by atoms with Crippen LogP contribution in [-0.4, -0.2) is 51.9 Å². The molecule has 2 unspecified atom stereocenters. The first-order valence-corrected chi connectivity index (χ1v) is 9.93. The Morgan fingerprint density at radius 1 is 1.18 bits per heavy atom. The molecular formula is C17H33IN4. The second-order valence-corrected chi connectivity index (χ2v) is 7.91. The number of unbranched alkanes of at least 4 members (excludes halogenated alkanes) is 2. The van der Waals surface area contributed by atoms with Gasteiger partial charge in [-0.15, -0.1) is 0 Å². The van der Waals surface area contributed by atoms with Crippen molar-refractivity contribution in [1.29, 1.82) is 0 Å². The Bertz CT molecular complexity index is 385. The SMILES string of the molecule is CCCCCN1CCC(C2=C(C)N(CCC)N(I)C2)C(N)C1. The number of nitrogens with zero attached hydrogens (tertiary/aromatic N) is 3. The second kappa shape index (κ2) is 8.85. The Hall–Kier alpha value is 0.150. The third-order valence-corrected chi connectivity index (χ3v) is 5.98. The fourth-order valence-corrected chi connectivity index (χ4v) is 4.72. The van der Waals surface area contributed by atoms with E-state index in [-0.39, 0.29) is 0 Å². The van der Waals surface area contributed by atoms with Gasteiger partial charge in [0, 0.05) is 53.6 Å². The minimum atomic E-state index is 0.298. The largest absolute Gasteiger partial charge is 0.326 e. The monoisotopic (exact) mass is 420 g/mol. The summed E-state index contributed by atoms with van der Waals surface area (Å²) < 4.78 is 2.34. The van der Waals surface area contributed by atoms with Crippen LogP contribution in [0.4, 0.5) is 0 Å². The van der Waals surface area contributed by atoms with Crippen LogP contribution >= 0.6 is 22.9 Å². The van der Waals surface area contributed by atoms with E-state index >= 15 is 0 Å². The summed E-state index contributed by atoms with van der Waals surface area (Å²) in [5.41, 5.74) is 9.61. The van der Waals surface area contributed by atoms with Gasteiger partial charge in [0.25, 0.3) is 0 Å². The number of allylic oxidation sites excluding steroid dienone is 1. The van der Waals surface area contributed by atoms with Crippen LogP contribution in [0.25, 0.3) is 0 Å². The van der Waals surface area contributed by atoms with Crippen molar-refractivity contribution in [2.45, 2.75) is 58.9 Å². The molecule has 0 aromatic carbocycles. The molecule has 0 spiro atoms. The summed E-state index contributed by atoms with van der Waals surface area (Å²) in [6.07, 6.45) is 6.38. The second-order valence-electron chi connectivity index (χ2n) is 6.80. The molecule has 2 heterocycles. The van der Waals surface area contributed by atoms with Crippen molar-refractivity contribution in [3.8, 4) is 0 Å². The standard InChI is InChI=1S/C17H33IN4/c1-4-6-7-10-20-11-8-15(17(19)13-20)16-12-22(18)21(9-5-2)14(16)3/h15,17H,4-13,19H2,1-3H3. The van der Waals surface area contributed by atoms with Crippen molar-refractivity contribution >= 4 is 22.9 Å². The molecule has 2 N–H and O–H groups in total. The lowest BCUT2D eigenvalue weighted by atomic mass is 9.84. The van der Waals surface area contributed by atoms with Crippen molar-refractivity contribution in [2.24, 2.45) is 11.7 Å². The molecule has 2 aliphatic heterocycles. The summed E-state index contributed by atoms with van der Waals surface area (Å²) in [6, 6.07) is 0.298. The summed E-state index contributed by atoms with van der Waals surface area (Å²) in [5, 5.41) is 2.43. The first kappa shape index (κ1) is 18.5. The summed E-state index contributed by atoms with van der Waals surface area (Å²) >= 11 is 2.44. The maximum Gasteiger partial charge on any atom is 0.0521 e. The van der Waals surface area contributed by atoms with E-state index in [4.69, 9.17) is 5.73 Å². The van der Waals surface area contributed by atoms with Crippen molar-refractivity contribution in [2.75, 3.05) is 32.7 Å². The third kappa shape index (κ3) is 4.36. The van der Waals surface area contributed by atoms with Crippen LogP contribution in [0, 0.1) is 5.92 Å². The van der Waals surface area contributed by atoms with Gasteiger partial charge in [-0.2, -0.15) is 3.22 Å². The van der Waals surface area contributed by atoms with Gasteiger partial charge in [0.2, 0.25) is 0 Å². The van der Waals surface area contributed by atoms with Gasteiger partial charge in [-0.1, -0.05) is 26.7 Å². The Balaban J connectivity index is 1.94. The maximum absolute atomic E-state index is 6.57. The van der Waals surface area contributed by atoms with Gasteiger partial charge in [0.15, 0.2) is 0 Å². The van der Waals surface area contributed by atoms with Gasteiger partial charge in [0.05, 0.1) is 6.54 Å². The molecule has 0 amide bonds. The minimum absolute atomic E-state index is 0.298. The fourth-order valence-electron chi connectivity index (χ4n) is 3.82. The lowest BCUT2D eigenvalue weighted by molar-refractivity contribution is 0.167. The maximum atomic E-state index is 6.57. The van der Waals surface area contributed by atoms with E-state index in [0.29, 0.717) is 12.0 Å². The molecule has 2 atom stereocenters. The van der Waals surface area contributed by atoms with Crippen LogP contribution in [0.5, 0.6) is 0 Å². The van der Waals surface area contributed by atoms with Crippen molar-refractivity contribution in [1.82, 2.24) is 13.1 Å². The quantitative estimate of drug-likeness (QED) is 0.389. The van der Waals surface area contributed by atoms with Crippen LogP contribution in [-0.2, 0) is 0 Å². The van der Waals surface area contributed by atoms with Crippen LogP contribution in [0.15, 0.2) is 11.3 Å². The van der Waals surface area contributed by atoms with Crippen molar-refractivity contribution < 1.29 is 0 Å². The highest BCUT2D eigenvalue weighted by Crippen LogP contribution is 2.35. The van der Waals surface area contributed by atoms with E-state index < -0.39 is 0 Å². The zero-order valence-electron chi connectivity index (χ0n) is 14.5. The van der Waals surface area contributed by atoms with E-state index in [1.54, 1.807) is 5.57 Å². The zero-order chi connectivity index (χ0) is 16.1. The van der Waals surface area contributed by atoms with Crippen LogP contribution in [0.3, 0.4) is 0 Å². The molecule has 0 radical (unpaired) electrons. The van der Waals surface area contributed by atoms with Crippen LogP contribution in [0.1, 0.15) is 52.9 Å². The Labute approximate surface area is 150 Å². The van der Waals surface area contributed by atoms with Gasteiger partial charge < -0.3 is 15.6 Å². The number of hydrogen-bond donors (Lipinski definition) is 1. The smallest absolute Gasteiger partial charge is 0.0521 e. The Kier molecular flexibility index (Phi) is 7.44. The van der Waals surface area contributed by atoms with Gasteiger partial charge in [0.1, 0.15) is 0 Å². The summed E-state index contributed by atoms with van der Waals surface area (Å²) in [7, 11) is 0. The molecule has 22 heavy (non-hydrogen) atoms. The third-order valence-electron chi connectivity index (χ3n) is 5.12. The topological polar surface area (TPSA) is 35.7 Å². The van der Waals surface area contributed by atoms with Crippen LogP contribution < -0.4 is 5.73 Å². The lowest BCUT2D eigenvalue weighted by Crippen LogP contribution is -2.49. The summed E-state index contributed by atoms with van der Waals surface area (Å²) in [4.78, 5) is 2.58. The summed E-state index contributed by atoms with van der Waals surface area (Å²) in [5.74, 6) is 0.571. The minimum Gasteiger partial charge on any atom is -0.326 e. The number of hydrogen-bond acceptors (Lipinski definition) is 4. The fraction of sp³-hybridized carbons (Fsp3) is 0.882. The average molecular weight is 420 g/mol. The van der Waals surface area contributed by atoms with Crippen molar-refractivity contribution in [3.05, 3.63) is 11.3 Å². The number of hydrazine groups is 1. The summed E-state index contributed by atoms with van der Waals surface area (Å²) in [6.45, 7) is 12.5. The van der Waals surface area contributed by atoms with Gasteiger partial charge in [-0.25, -0.2) is 0 Å². The average Bonchev–Trinajstić information content (AvgIpc) is 2.76. The van der Waals surface area contributed by atoms with Gasteiger partial charge >= 0.3 is 0 Å². The predicted molar refractivity (Wildman–Crippen MR) is 102 cm³/mol. The predicted octanol–water partition coefficient (Wildman–Crippen LogP) is 3.39. The highest BCUT2D eigenvalue weighted by atomic mass is 127. The molecule has 0 aromatic heterocycles. The molecule has 1 fully saturated rings. The van der Waals surface area contributed by atoms with Crippen LogP contribution in [0.2, 0.25) is 0 Å². The first-order valence-electron chi connectivity index (χ1n) is 8.96.